The van der Waals surface area contributed by atoms with E-state index < -0.39 is 5.91 Å². The predicted molar refractivity (Wildman–Crippen MR) is 111 cm³/mol. The number of carbonyl (C=O) groups excluding carboxylic acids is 2. The highest BCUT2D eigenvalue weighted by Crippen LogP contribution is 2.33. The third-order valence-electron chi connectivity index (χ3n) is 5.09. The fraction of sp³-hybridized carbons (Fsp3) is 0.381. The van der Waals surface area contributed by atoms with Gasteiger partial charge >= 0.3 is 0 Å². The van der Waals surface area contributed by atoms with Crippen molar-refractivity contribution in [3.8, 4) is 11.5 Å². The molecule has 1 aliphatic heterocycles. The van der Waals surface area contributed by atoms with Gasteiger partial charge in [0.15, 0.2) is 11.5 Å². The highest BCUT2D eigenvalue weighted by molar-refractivity contribution is 8.00. The number of ether oxygens (including phenoxy) is 2. The van der Waals surface area contributed by atoms with Gasteiger partial charge in [-0.15, -0.1) is 0 Å². The predicted octanol–water partition coefficient (Wildman–Crippen LogP) is 2.98. The van der Waals surface area contributed by atoms with Crippen LogP contribution in [0.25, 0.3) is 0 Å². The molecule has 0 radical (unpaired) electrons. The Hall–Kier alpha value is -2.74. The van der Waals surface area contributed by atoms with Crippen molar-refractivity contribution in [3.63, 3.8) is 0 Å². The molecule has 29 heavy (non-hydrogen) atoms. The number of nitrogens with two attached hydrogens (primary N) is 1. The lowest BCUT2D eigenvalue weighted by atomic mass is 10.0. The number of fused-ring (bicyclic) bond motifs is 1. The topological polar surface area (TPSA) is 94.8 Å². The van der Waals surface area contributed by atoms with Crippen molar-refractivity contribution in [2.45, 2.75) is 39.3 Å². The molecule has 1 aromatic heterocycles. The highest BCUT2D eigenvalue weighted by atomic mass is 32.2. The second-order valence-electron chi connectivity index (χ2n) is 6.88. The number of amides is 2. The monoisotopic (exact) mass is 415 g/mol. The van der Waals surface area contributed by atoms with Crippen LogP contribution in [0.15, 0.2) is 23.2 Å². The highest BCUT2D eigenvalue weighted by Gasteiger charge is 2.21. The van der Waals surface area contributed by atoms with Crippen molar-refractivity contribution in [2.75, 3.05) is 19.1 Å². The third kappa shape index (κ3) is 4.48. The van der Waals surface area contributed by atoms with Crippen LogP contribution < -0.4 is 15.2 Å². The lowest BCUT2D eigenvalue weighted by molar-refractivity contribution is -0.128. The first-order valence-corrected chi connectivity index (χ1v) is 10.4. The van der Waals surface area contributed by atoms with Gasteiger partial charge in [0.25, 0.3) is 5.91 Å². The standard InChI is InChI=1S/C21H25N3O4S/c1-5-24(9-15-6-7-16-17(8-15)28-11-27-16)18(25)10-29-21-19(20(22)26)13(3)12(2)14(4)23-21/h6-8H,5,9-11H2,1-4H3,(H2,22,26). The zero-order valence-electron chi connectivity index (χ0n) is 17.1. The molecule has 0 atom stereocenters. The maximum Gasteiger partial charge on any atom is 0.251 e. The Bertz CT molecular complexity index is 961. The van der Waals surface area contributed by atoms with E-state index in [9.17, 15) is 9.59 Å². The van der Waals surface area contributed by atoms with Crippen LogP contribution in [0.4, 0.5) is 0 Å². The number of thioether (sulfide) groups is 1. The summed E-state index contributed by atoms with van der Waals surface area (Å²) in [6, 6.07) is 5.67. The molecular formula is C21H25N3O4S. The van der Waals surface area contributed by atoms with Gasteiger partial charge in [-0.3, -0.25) is 9.59 Å². The number of nitrogens with zero attached hydrogens (tertiary/aromatic N) is 2. The Kier molecular flexibility index (Phi) is 6.32. The fourth-order valence-corrected chi connectivity index (χ4v) is 4.21. The van der Waals surface area contributed by atoms with Gasteiger partial charge in [-0.2, -0.15) is 0 Å². The molecule has 2 aromatic rings. The first-order chi connectivity index (χ1) is 13.8. The van der Waals surface area contributed by atoms with Crippen molar-refractivity contribution in [3.05, 3.63) is 46.1 Å². The van der Waals surface area contributed by atoms with Gasteiger partial charge in [0, 0.05) is 18.8 Å². The number of carbonyl (C=O) groups is 2. The molecule has 2 amide bonds. The van der Waals surface area contributed by atoms with Crippen LogP contribution in [-0.4, -0.2) is 40.8 Å². The molecule has 3 rings (SSSR count). The van der Waals surface area contributed by atoms with Crippen molar-refractivity contribution in [1.29, 1.82) is 0 Å². The van der Waals surface area contributed by atoms with Gasteiger partial charge in [-0.05, 0) is 56.5 Å². The van der Waals surface area contributed by atoms with Gasteiger partial charge in [0.1, 0.15) is 5.03 Å². The molecule has 2 heterocycles. The Morgan fingerprint density at radius 2 is 1.90 bits per heavy atom. The molecule has 154 valence electrons. The van der Waals surface area contributed by atoms with E-state index in [1.807, 2.05) is 45.9 Å². The number of aromatic nitrogens is 1. The summed E-state index contributed by atoms with van der Waals surface area (Å²) < 4.78 is 10.7. The quantitative estimate of drug-likeness (QED) is 0.699. The minimum Gasteiger partial charge on any atom is -0.454 e. The number of pyridine rings is 1. The first kappa shape index (κ1) is 21.0. The molecule has 1 aliphatic rings. The van der Waals surface area contributed by atoms with Gasteiger partial charge in [0.2, 0.25) is 12.7 Å². The molecule has 0 spiro atoms. The zero-order valence-corrected chi connectivity index (χ0v) is 17.9. The molecule has 1 aromatic carbocycles. The van der Waals surface area contributed by atoms with E-state index in [0.717, 1.165) is 22.4 Å². The number of hydrogen-bond donors (Lipinski definition) is 1. The zero-order chi connectivity index (χ0) is 21.1. The van der Waals surface area contributed by atoms with E-state index in [0.29, 0.717) is 35.2 Å². The van der Waals surface area contributed by atoms with Crippen LogP contribution in [0, 0.1) is 20.8 Å². The van der Waals surface area contributed by atoms with Crippen molar-refractivity contribution in [1.82, 2.24) is 9.88 Å². The van der Waals surface area contributed by atoms with E-state index in [1.165, 1.54) is 11.8 Å². The number of rotatable bonds is 7. The fourth-order valence-electron chi connectivity index (χ4n) is 3.16. The molecule has 2 N–H and O–H groups in total. The number of primary amides is 1. The minimum atomic E-state index is -0.527. The van der Waals surface area contributed by atoms with Crippen molar-refractivity contribution in [2.24, 2.45) is 5.73 Å². The van der Waals surface area contributed by atoms with Gasteiger partial charge in [-0.1, -0.05) is 17.8 Å². The number of hydrogen-bond acceptors (Lipinski definition) is 6. The van der Waals surface area contributed by atoms with E-state index in [-0.39, 0.29) is 18.5 Å². The second-order valence-corrected chi connectivity index (χ2v) is 7.84. The lowest BCUT2D eigenvalue weighted by Crippen LogP contribution is -2.31. The van der Waals surface area contributed by atoms with Crippen LogP contribution >= 0.6 is 11.8 Å². The third-order valence-corrected chi connectivity index (χ3v) is 6.05. The maximum absolute atomic E-state index is 12.8. The van der Waals surface area contributed by atoms with Gasteiger partial charge < -0.3 is 20.1 Å². The summed E-state index contributed by atoms with van der Waals surface area (Å²) in [6.07, 6.45) is 0. The van der Waals surface area contributed by atoms with E-state index >= 15 is 0 Å². The largest absolute Gasteiger partial charge is 0.454 e. The molecule has 0 saturated carbocycles. The summed E-state index contributed by atoms with van der Waals surface area (Å²) >= 11 is 1.25. The van der Waals surface area contributed by atoms with Crippen LogP contribution in [-0.2, 0) is 11.3 Å². The van der Waals surface area contributed by atoms with E-state index in [2.05, 4.69) is 4.98 Å². The van der Waals surface area contributed by atoms with Crippen LogP contribution in [0.5, 0.6) is 11.5 Å². The van der Waals surface area contributed by atoms with Gasteiger partial charge in [0.05, 0.1) is 11.3 Å². The summed E-state index contributed by atoms with van der Waals surface area (Å²) in [7, 11) is 0. The normalized spacial score (nSPS) is 12.1. The number of aryl methyl sites for hydroxylation is 1. The van der Waals surface area contributed by atoms with Crippen LogP contribution in [0.2, 0.25) is 0 Å². The Morgan fingerprint density at radius 1 is 1.17 bits per heavy atom. The molecule has 8 heteroatoms. The summed E-state index contributed by atoms with van der Waals surface area (Å²) in [5.74, 6) is 1.02. The average molecular weight is 416 g/mol. The SMILES string of the molecule is CCN(Cc1ccc2c(c1)OCO2)C(=O)CSc1nc(C)c(C)c(C)c1C(N)=O. The maximum atomic E-state index is 12.8. The van der Waals surface area contributed by atoms with Crippen molar-refractivity contribution < 1.29 is 19.1 Å². The smallest absolute Gasteiger partial charge is 0.251 e. The second kappa shape index (κ2) is 8.73. The summed E-state index contributed by atoms with van der Waals surface area (Å²) in [6.45, 7) is 8.84. The summed E-state index contributed by atoms with van der Waals surface area (Å²) in [5, 5.41) is 0.505. The Labute approximate surface area is 174 Å². The van der Waals surface area contributed by atoms with Crippen LogP contribution in [0.1, 0.15) is 39.7 Å². The lowest BCUT2D eigenvalue weighted by Gasteiger charge is -2.21. The minimum absolute atomic E-state index is 0.0386. The summed E-state index contributed by atoms with van der Waals surface area (Å²) in [5.41, 5.74) is 9.50. The first-order valence-electron chi connectivity index (χ1n) is 9.38. The Morgan fingerprint density at radius 3 is 2.59 bits per heavy atom. The molecule has 7 nitrogen and oxygen atoms in total. The van der Waals surface area contributed by atoms with Crippen molar-refractivity contribution >= 4 is 23.6 Å². The molecule has 0 saturated heterocycles. The van der Waals surface area contributed by atoms with E-state index in [1.54, 1.807) is 4.90 Å². The molecular weight excluding hydrogens is 390 g/mol. The molecule has 0 fully saturated rings. The van der Waals surface area contributed by atoms with Crippen LogP contribution in [0.3, 0.4) is 0 Å². The Balaban J connectivity index is 1.71. The number of benzene rings is 1. The molecule has 0 bridgehead atoms. The molecule has 0 unspecified atom stereocenters. The van der Waals surface area contributed by atoms with E-state index in [4.69, 9.17) is 15.2 Å². The average Bonchev–Trinajstić information content (AvgIpc) is 3.15. The van der Waals surface area contributed by atoms with Gasteiger partial charge in [-0.25, -0.2) is 4.98 Å². The molecule has 0 aliphatic carbocycles. The summed E-state index contributed by atoms with van der Waals surface area (Å²) in [4.78, 5) is 31.0.